The van der Waals surface area contributed by atoms with E-state index in [1.165, 1.54) is 0 Å². The summed E-state index contributed by atoms with van der Waals surface area (Å²) in [6.45, 7) is 4.21. The van der Waals surface area contributed by atoms with Gasteiger partial charge in [-0.2, -0.15) is 0 Å². The first-order valence-electron chi connectivity index (χ1n) is 8.15. The summed E-state index contributed by atoms with van der Waals surface area (Å²) in [5, 5.41) is 10.7. The number of carbonyl (C=O) groups excluding carboxylic acids is 1. The summed E-state index contributed by atoms with van der Waals surface area (Å²) in [4.78, 5) is 13.6. The summed E-state index contributed by atoms with van der Waals surface area (Å²) in [6, 6.07) is 14.4. The zero-order valence-electron chi connectivity index (χ0n) is 14.4. The van der Waals surface area contributed by atoms with Crippen LogP contribution in [0, 0.1) is 5.41 Å². The number of hydrogen-bond acceptors (Lipinski definition) is 5. The average Bonchev–Trinajstić information content (AvgIpc) is 2.60. The van der Waals surface area contributed by atoms with Crippen molar-refractivity contribution in [2.24, 2.45) is 5.73 Å². The maximum Gasteiger partial charge on any atom is 0.333 e. The standard InChI is InChI=1S/C19H23N3O2S/c1-3-24-19(23)17(14-6-5-7-16(12-14)25-4-2)22-15-10-8-13(9-11-15)18(20)21/h5-12,17,22H,3-4H2,1-2H3,(H3,20,21). The van der Waals surface area contributed by atoms with Gasteiger partial charge in [0.1, 0.15) is 5.84 Å². The first-order chi connectivity index (χ1) is 12.0. The van der Waals surface area contributed by atoms with Gasteiger partial charge in [-0.05, 0) is 54.6 Å². The van der Waals surface area contributed by atoms with Gasteiger partial charge in [0, 0.05) is 16.1 Å². The number of thioether (sulfide) groups is 1. The highest BCUT2D eigenvalue weighted by atomic mass is 32.2. The number of carbonyl (C=O) groups is 1. The molecule has 0 saturated heterocycles. The van der Waals surface area contributed by atoms with E-state index >= 15 is 0 Å². The van der Waals surface area contributed by atoms with Gasteiger partial charge < -0.3 is 15.8 Å². The lowest BCUT2D eigenvalue weighted by Gasteiger charge is -2.19. The molecule has 25 heavy (non-hydrogen) atoms. The highest BCUT2D eigenvalue weighted by Crippen LogP contribution is 2.26. The molecule has 132 valence electrons. The second-order valence-corrected chi connectivity index (χ2v) is 6.66. The normalized spacial score (nSPS) is 11.6. The second kappa shape index (κ2) is 9.13. The van der Waals surface area contributed by atoms with Crippen molar-refractivity contribution in [1.82, 2.24) is 0 Å². The molecule has 0 aliphatic carbocycles. The fourth-order valence-corrected chi connectivity index (χ4v) is 3.09. The molecule has 0 radical (unpaired) electrons. The number of amidine groups is 1. The second-order valence-electron chi connectivity index (χ2n) is 5.33. The molecule has 0 aromatic heterocycles. The number of benzene rings is 2. The Morgan fingerprint density at radius 3 is 2.56 bits per heavy atom. The fraction of sp³-hybridized carbons (Fsp3) is 0.263. The zero-order valence-corrected chi connectivity index (χ0v) is 15.2. The van der Waals surface area contributed by atoms with Crippen molar-refractivity contribution in [3.63, 3.8) is 0 Å². The molecule has 1 unspecified atom stereocenters. The number of nitrogens with one attached hydrogen (secondary N) is 2. The maximum absolute atomic E-state index is 12.4. The summed E-state index contributed by atoms with van der Waals surface area (Å²) >= 11 is 1.73. The Labute approximate surface area is 152 Å². The molecular formula is C19H23N3O2S. The molecule has 0 aliphatic heterocycles. The summed E-state index contributed by atoms with van der Waals surface area (Å²) in [7, 11) is 0. The molecule has 1 atom stereocenters. The molecule has 0 aliphatic rings. The number of nitrogen functional groups attached to an aromatic ring is 1. The molecule has 4 N–H and O–H groups in total. The topological polar surface area (TPSA) is 88.2 Å². The fourth-order valence-electron chi connectivity index (χ4n) is 2.37. The van der Waals surface area contributed by atoms with Crippen LogP contribution in [0.5, 0.6) is 0 Å². The van der Waals surface area contributed by atoms with Crippen molar-refractivity contribution in [3.8, 4) is 0 Å². The summed E-state index contributed by atoms with van der Waals surface area (Å²) in [6.07, 6.45) is 0. The molecule has 6 heteroatoms. The smallest absolute Gasteiger partial charge is 0.333 e. The first kappa shape index (κ1) is 18.9. The molecule has 2 aromatic carbocycles. The third-order valence-electron chi connectivity index (χ3n) is 3.53. The average molecular weight is 357 g/mol. The molecule has 0 saturated carbocycles. The van der Waals surface area contributed by atoms with E-state index in [2.05, 4.69) is 12.2 Å². The molecular weight excluding hydrogens is 334 g/mol. The van der Waals surface area contributed by atoms with E-state index in [-0.39, 0.29) is 11.8 Å². The Bertz CT molecular complexity index is 732. The van der Waals surface area contributed by atoms with E-state index in [9.17, 15) is 4.79 Å². The summed E-state index contributed by atoms with van der Waals surface area (Å²) in [5.41, 5.74) is 7.73. The number of esters is 1. The summed E-state index contributed by atoms with van der Waals surface area (Å²) in [5.74, 6) is 0.655. The Morgan fingerprint density at radius 2 is 1.96 bits per heavy atom. The molecule has 0 heterocycles. The zero-order chi connectivity index (χ0) is 18.2. The van der Waals surface area contributed by atoms with E-state index in [0.29, 0.717) is 12.2 Å². The Morgan fingerprint density at radius 1 is 1.24 bits per heavy atom. The highest BCUT2D eigenvalue weighted by molar-refractivity contribution is 7.99. The van der Waals surface area contributed by atoms with Crippen LogP contribution >= 0.6 is 11.8 Å². The number of anilines is 1. The monoisotopic (exact) mass is 357 g/mol. The van der Waals surface area contributed by atoms with Crippen molar-refractivity contribution in [2.45, 2.75) is 24.8 Å². The first-order valence-corrected chi connectivity index (χ1v) is 9.14. The number of ether oxygens (including phenoxy) is 1. The van der Waals surface area contributed by atoms with Gasteiger partial charge in [0.25, 0.3) is 0 Å². The van der Waals surface area contributed by atoms with E-state index in [1.54, 1.807) is 43.0 Å². The van der Waals surface area contributed by atoms with Crippen molar-refractivity contribution >= 4 is 29.3 Å². The van der Waals surface area contributed by atoms with Crippen LogP contribution in [-0.4, -0.2) is 24.2 Å². The van der Waals surface area contributed by atoms with Gasteiger partial charge in [-0.1, -0.05) is 19.1 Å². The minimum Gasteiger partial charge on any atom is -0.464 e. The molecule has 0 amide bonds. The van der Waals surface area contributed by atoms with Crippen LogP contribution in [0.25, 0.3) is 0 Å². The van der Waals surface area contributed by atoms with Gasteiger partial charge in [0.2, 0.25) is 0 Å². The largest absolute Gasteiger partial charge is 0.464 e. The van der Waals surface area contributed by atoms with Crippen LogP contribution < -0.4 is 11.1 Å². The SMILES string of the molecule is CCOC(=O)C(Nc1ccc(C(=N)N)cc1)c1cccc(SCC)c1. The molecule has 0 spiro atoms. The minimum atomic E-state index is -0.597. The predicted octanol–water partition coefficient (Wildman–Crippen LogP) is 3.80. The van der Waals surface area contributed by atoms with Crippen LogP contribution in [0.1, 0.15) is 31.0 Å². The summed E-state index contributed by atoms with van der Waals surface area (Å²) < 4.78 is 5.23. The molecule has 5 nitrogen and oxygen atoms in total. The van der Waals surface area contributed by atoms with Crippen molar-refractivity contribution in [2.75, 3.05) is 17.7 Å². The Kier molecular flexibility index (Phi) is 6.89. The van der Waals surface area contributed by atoms with Crippen LogP contribution in [0.4, 0.5) is 5.69 Å². The van der Waals surface area contributed by atoms with Crippen LogP contribution in [-0.2, 0) is 9.53 Å². The van der Waals surface area contributed by atoms with Crippen molar-refractivity contribution < 1.29 is 9.53 Å². The van der Waals surface area contributed by atoms with Crippen LogP contribution in [0.3, 0.4) is 0 Å². The molecule has 2 aromatic rings. The number of rotatable bonds is 8. The van der Waals surface area contributed by atoms with E-state index in [0.717, 1.165) is 21.9 Å². The van der Waals surface area contributed by atoms with E-state index < -0.39 is 6.04 Å². The van der Waals surface area contributed by atoms with Gasteiger partial charge >= 0.3 is 5.97 Å². The van der Waals surface area contributed by atoms with E-state index in [1.807, 2.05) is 24.3 Å². The van der Waals surface area contributed by atoms with Crippen molar-refractivity contribution in [1.29, 1.82) is 5.41 Å². The third-order valence-corrected chi connectivity index (χ3v) is 4.41. The lowest BCUT2D eigenvalue weighted by Crippen LogP contribution is -2.23. The molecule has 0 fully saturated rings. The van der Waals surface area contributed by atoms with Gasteiger partial charge in [-0.25, -0.2) is 4.79 Å². The van der Waals surface area contributed by atoms with Gasteiger partial charge in [0.15, 0.2) is 6.04 Å². The van der Waals surface area contributed by atoms with Crippen LogP contribution in [0.2, 0.25) is 0 Å². The highest BCUT2D eigenvalue weighted by Gasteiger charge is 2.22. The third kappa shape index (κ3) is 5.26. The van der Waals surface area contributed by atoms with Gasteiger partial charge in [-0.3, -0.25) is 5.41 Å². The van der Waals surface area contributed by atoms with Gasteiger partial charge in [-0.15, -0.1) is 11.8 Å². The predicted molar refractivity (Wildman–Crippen MR) is 103 cm³/mol. The van der Waals surface area contributed by atoms with Crippen molar-refractivity contribution in [3.05, 3.63) is 59.7 Å². The number of nitrogens with two attached hydrogens (primary N) is 1. The quantitative estimate of drug-likeness (QED) is 0.289. The van der Waals surface area contributed by atoms with E-state index in [4.69, 9.17) is 15.9 Å². The maximum atomic E-state index is 12.4. The molecule has 2 rings (SSSR count). The lowest BCUT2D eigenvalue weighted by molar-refractivity contribution is -0.144. The minimum absolute atomic E-state index is 0.0118. The Hall–Kier alpha value is -2.47. The van der Waals surface area contributed by atoms with Crippen LogP contribution in [0.15, 0.2) is 53.4 Å². The lowest BCUT2D eigenvalue weighted by atomic mass is 10.1. The Balaban J connectivity index is 2.28. The molecule has 0 bridgehead atoms. The van der Waals surface area contributed by atoms with Gasteiger partial charge in [0.05, 0.1) is 6.61 Å². The number of hydrogen-bond donors (Lipinski definition) is 3.